The molecule has 2 aliphatic rings. The molecular weight excluding hydrogens is 398 g/mol. The molecule has 5 aromatic carbocycles. The van der Waals surface area contributed by atoms with Gasteiger partial charge in [0.2, 0.25) is 0 Å². The second-order valence-corrected chi connectivity index (χ2v) is 9.01. The van der Waals surface area contributed by atoms with E-state index in [4.69, 9.17) is 0 Å². The van der Waals surface area contributed by atoms with Crippen LogP contribution in [0.1, 0.15) is 22.3 Å². The van der Waals surface area contributed by atoms with Crippen LogP contribution in [0.4, 0.5) is 11.4 Å². The van der Waals surface area contributed by atoms with E-state index in [0.717, 1.165) is 0 Å². The highest BCUT2D eigenvalue weighted by molar-refractivity contribution is 5.95. The normalized spacial score (nSPS) is 13.8. The van der Waals surface area contributed by atoms with Gasteiger partial charge in [0, 0.05) is 18.4 Å². The van der Waals surface area contributed by atoms with Crippen molar-refractivity contribution in [2.24, 2.45) is 0 Å². The van der Waals surface area contributed by atoms with Gasteiger partial charge >= 0.3 is 0 Å². The second kappa shape index (κ2) is 6.70. The molecule has 0 radical (unpaired) electrons. The highest BCUT2D eigenvalue weighted by Crippen LogP contribution is 2.62. The smallest absolute Gasteiger partial charge is 0.0725 e. The zero-order valence-electron chi connectivity index (χ0n) is 18.5. The van der Waals surface area contributed by atoms with Gasteiger partial charge in [-0.05, 0) is 68.8 Å². The van der Waals surface area contributed by atoms with Crippen molar-refractivity contribution in [3.05, 3.63) is 144 Å². The maximum atomic E-state index is 2.37. The summed E-state index contributed by atoms with van der Waals surface area (Å²) in [5.41, 5.74) is 13.0. The molecule has 0 heterocycles. The Morgan fingerprint density at radius 3 is 1.45 bits per heavy atom. The average Bonchev–Trinajstić information content (AvgIpc) is 3.36. The SMILES string of the molecule is CN(c1ccccc1)c1ccc2c(c1)-c1ccccc1C21c2ccccc2-c2ccccc21. The minimum absolute atomic E-state index is 0.261. The zero-order chi connectivity index (χ0) is 22.0. The fourth-order valence-electron chi connectivity index (χ4n) is 6.10. The molecule has 0 aliphatic heterocycles. The van der Waals surface area contributed by atoms with E-state index in [1.807, 2.05) is 0 Å². The number of para-hydroxylation sites is 1. The molecule has 33 heavy (non-hydrogen) atoms. The summed E-state index contributed by atoms with van der Waals surface area (Å²) in [6, 6.07) is 44.5. The third kappa shape index (κ3) is 2.32. The molecule has 5 aromatic rings. The van der Waals surface area contributed by atoms with Crippen LogP contribution in [0.2, 0.25) is 0 Å². The summed E-state index contributed by atoms with van der Waals surface area (Å²) >= 11 is 0. The molecule has 0 saturated carbocycles. The van der Waals surface area contributed by atoms with Crippen LogP contribution in [0, 0.1) is 0 Å². The van der Waals surface area contributed by atoms with Crippen LogP contribution in [0.3, 0.4) is 0 Å². The molecule has 0 bridgehead atoms. The lowest BCUT2D eigenvalue weighted by atomic mass is 9.70. The van der Waals surface area contributed by atoms with E-state index in [0.29, 0.717) is 0 Å². The minimum Gasteiger partial charge on any atom is -0.345 e. The van der Waals surface area contributed by atoms with Gasteiger partial charge in [-0.3, -0.25) is 0 Å². The van der Waals surface area contributed by atoms with Crippen molar-refractivity contribution in [2.75, 3.05) is 11.9 Å². The van der Waals surface area contributed by atoms with E-state index in [2.05, 4.69) is 133 Å². The average molecular weight is 422 g/mol. The summed E-state index contributed by atoms with van der Waals surface area (Å²) in [6.07, 6.45) is 0. The van der Waals surface area contributed by atoms with Gasteiger partial charge in [-0.15, -0.1) is 0 Å². The number of rotatable bonds is 2. The molecule has 0 atom stereocenters. The van der Waals surface area contributed by atoms with Gasteiger partial charge in [-0.1, -0.05) is 97.1 Å². The number of anilines is 2. The molecule has 2 aliphatic carbocycles. The summed E-state index contributed by atoms with van der Waals surface area (Å²) < 4.78 is 0. The first-order valence-corrected chi connectivity index (χ1v) is 11.5. The lowest BCUT2D eigenvalue weighted by Crippen LogP contribution is -2.25. The Bertz CT molecular complexity index is 1480. The van der Waals surface area contributed by atoms with Gasteiger partial charge in [0.1, 0.15) is 0 Å². The van der Waals surface area contributed by atoms with Crippen LogP contribution >= 0.6 is 0 Å². The van der Waals surface area contributed by atoms with Crippen molar-refractivity contribution in [1.82, 2.24) is 0 Å². The van der Waals surface area contributed by atoms with E-state index >= 15 is 0 Å². The molecular formula is C32H23N. The van der Waals surface area contributed by atoms with Gasteiger partial charge in [0.15, 0.2) is 0 Å². The number of fused-ring (bicyclic) bond motifs is 10. The Morgan fingerprint density at radius 2 is 0.879 bits per heavy atom. The Labute approximate surface area is 194 Å². The minimum atomic E-state index is -0.261. The summed E-state index contributed by atoms with van der Waals surface area (Å²) in [6.45, 7) is 0. The maximum absolute atomic E-state index is 2.37. The van der Waals surface area contributed by atoms with Gasteiger partial charge in [0.25, 0.3) is 0 Å². The molecule has 1 nitrogen and oxygen atoms in total. The van der Waals surface area contributed by atoms with Crippen molar-refractivity contribution in [1.29, 1.82) is 0 Å². The molecule has 1 spiro atoms. The summed E-state index contributed by atoms with van der Waals surface area (Å²) in [4.78, 5) is 2.27. The van der Waals surface area contributed by atoms with Crippen LogP contribution in [-0.2, 0) is 5.41 Å². The Hall–Kier alpha value is -4.10. The summed E-state index contributed by atoms with van der Waals surface area (Å²) in [7, 11) is 2.15. The topological polar surface area (TPSA) is 3.24 Å². The van der Waals surface area contributed by atoms with E-state index in [9.17, 15) is 0 Å². The first-order chi connectivity index (χ1) is 16.3. The first-order valence-electron chi connectivity index (χ1n) is 11.5. The maximum Gasteiger partial charge on any atom is 0.0725 e. The van der Waals surface area contributed by atoms with Crippen LogP contribution in [0.5, 0.6) is 0 Å². The van der Waals surface area contributed by atoms with Crippen molar-refractivity contribution in [2.45, 2.75) is 5.41 Å². The summed E-state index contributed by atoms with van der Waals surface area (Å²) in [5.74, 6) is 0. The molecule has 0 N–H and O–H groups in total. The van der Waals surface area contributed by atoms with Gasteiger partial charge < -0.3 is 4.90 Å². The highest BCUT2D eigenvalue weighted by Gasteiger charge is 2.51. The van der Waals surface area contributed by atoms with E-state index < -0.39 is 0 Å². The molecule has 1 heteroatoms. The lowest BCUT2D eigenvalue weighted by Gasteiger charge is -2.30. The monoisotopic (exact) mass is 421 g/mol. The van der Waals surface area contributed by atoms with Crippen LogP contribution < -0.4 is 4.90 Å². The molecule has 156 valence electrons. The lowest BCUT2D eigenvalue weighted by molar-refractivity contribution is 0.793. The van der Waals surface area contributed by atoms with Crippen molar-refractivity contribution in [3.63, 3.8) is 0 Å². The van der Waals surface area contributed by atoms with Crippen LogP contribution in [-0.4, -0.2) is 7.05 Å². The van der Waals surface area contributed by atoms with Crippen LogP contribution in [0.25, 0.3) is 22.3 Å². The van der Waals surface area contributed by atoms with E-state index in [1.165, 1.54) is 55.9 Å². The molecule has 0 saturated heterocycles. The van der Waals surface area contributed by atoms with Crippen molar-refractivity contribution in [3.8, 4) is 22.3 Å². The first kappa shape index (κ1) is 18.5. The molecule has 0 amide bonds. The number of benzene rings is 5. The Balaban J connectivity index is 1.54. The van der Waals surface area contributed by atoms with Gasteiger partial charge in [-0.2, -0.15) is 0 Å². The Kier molecular flexibility index (Phi) is 3.75. The van der Waals surface area contributed by atoms with Gasteiger partial charge in [-0.25, -0.2) is 0 Å². The number of hydrogen-bond donors (Lipinski definition) is 0. The fraction of sp³-hybridized carbons (Fsp3) is 0.0625. The molecule has 0 fully saturated rings. The molecule has 0 unspecified atom stereocenters. The van der Waals surface area contributed by atoms with Gasteiger partial charge in [0.05, 0.1) is 5.41 Å². The Morgan fingerprint density at radius 1 is 0.424 bits per heavy atom. The predicted molar refractivity (Wildman–Crippen MR) is 137 cm³/mol. The van der Waals surface area contributed by atoms with E-state index in [-0.39, 0.29) is 5.41 Å². The van der Waals surface area contributed by atoms with Crippen molar-refractivity contribution < 1.29 is 0 Å². The van der Waals surface area contributed by atoms with Crippen LogP contribution in [0.15, 0.2) is 121 Å². The third-order valence-electron chi connectivity index (χ3n) is 7.51. The van der Waals surface area contributed by atoms with Crippen molar-refractivity contribution >= 4 is 11.4 Å². The predicted octanol–water partition coefficient (Wildman–Crippen LogP) is 7.80. The number of nitrogens with zero attached hydrogens (tertiary/aromatic N) is 1. The third-order valence-corrected chi connectivity index (χ3v) is 7.51. The quantitative estimate of drug-likeness (QED) is 0.275. The molecule has 0 aromatic heterocycles. The summed E-state index contributed by atoms with van der Waals surface area (Å²) in [5, 5.41) is 0. The largest absolute Gasteiger partial charge is 0.345 e. The standard InChI is InChI=1S/C32H23N/c1-33(22-11-3-2-4-12-22)23-19-20-31-27(21-23)26-15-7-10-18-30(26)32(31)28-16-8-5-13-24(28)25-14-6-9-17-29(25)32/h2-21H,1H3. The second-order valence-electron chi connectivity index (χ2n) is 9.01. The highest BCUT2D eigenvalue weighted by atomic mass is 15.1. The molecule has 7 rings (SSSR count). The number of hydrogen-bond acceptors (Lipinski definition) is 1. The van der Waals surface area contributed by atoms with E-state index in [1.54, 1.807) is 0 Å². The zero-order valence-corrected chi connectivity index (χ0v) is 18.5. The fourth-order valence-corrected chi connectivity index (χ4v) is 6.10.